The summed E-state index contributed by atoms with van der Waals surface area (Å²) in [5.74, 6) is 6.13. The second-order valence-corrected chi connectivity index (χ2v) is 38.9. The number of nitrogen functional groups attached to an aromatic ring is 1. The van der Waals surface area contributed by atoms with Gasteiger partial charge in [-0.15, -0.1) is 0 Å². The molecular formula is C98H130F6LiN29O12. The van der Waals surface area contributed by atoms with E-state index in [0.717, 1.165) is 150 Å². The van der Waals surface area contributed by atoms with Crippen LogP contribution in [0.25, 0.3) is 28.2 Å². The maximum absolute atomic E-state index is 13.7. The van der Waals surface area contributed by atoms with Gasteiger partial charge in [0, 0.05) is 146 Å². The molecule has 0 unspecified atom stereocenters. The number of aromatic nitrogens is 21. The predicted octanol–water partition coefficient (Wildman–Crippen LogP) is 11.6. The molecule has 22 rings (SSSR count). The van der Waals surface area contributed by atoms with E-state index in [1.165, 1.54) is 144 Å². The van der Waals surface area contributed by atoms with Gasteiger partial charge in [-0.25, -0.2) is 78.6 Å². The first-order valence-corrected chi connectivity index (χ1v) is 49.3. The Hall–Kier alpha value is -13.1. The number of ketones is 2. The molecule has 9 fully saturated rings. The number of alkyl halides is 6. The van der Waals surface area contributed by atoms with Gasteiger partial charge in [0.05, 0.1) is 77.3 Å². The average molecular weight is 2030 g/mol. The standard InChI is InChI=1S/C23H29F2N7O2.C23H27F2N7O2.C13H16N4O.C12H14N4O2.C12H14N4O.C11H17F2N3O.C4H8O.Li.2H2O.H2/c2*1-30(11-14-2-3-14)19-8-9-31-22(28-19)17(10-26-31)23(34)27-18-12-32(29-20(18)21(24)25)16-6-4-15(13-33)5-7-16;1-9(18)11-7-14-17-6-5-12(15-13(11)17)16(2)8-10-3-4-10;1-15(7-8-2-3-8)10-4-5-16-11(14-10)9(6-13-16)12(17)18;1-8(17)10-7-14-16-5-4-11(15-12(10)16)13-6-9-2-3-9;12-11(13)10-9(14)5-16(15-10)8-3-1-7(6-17)2-4-8;1-2-4-5-3-1;;;;/h8-10,12,14-16,21,33H,2-7,11,13H2,1H3,(H,27,34);8-10,12-16,21H,2-7,11H2,1H3,(H,27,34);5-7,10H,3-4,8H2,1-2H3;4-6,8H,2-3,7H2,1H3,(H,17,18);4-5,7,9H,2-3,6H2,1H3,(H,13,15);5,7-8,11,17H,1-4,6,14H2;1-4H2;;2*1H2;1H/q;;;;;;;+1;;;/p-1/i;;;;;;;;;;1+2D. The van der Waals surface area contributed by atoms with E-state index >= 15 is 0 Å². The van der Waals surface area contributed by atoms with E-state index in [2.05, 4.69) is 96.4 Å². The van der Waals surface area contributed by atoms with Crippen LogP contribution < -0.4 is 60.1 Å². The van der Waals surface area contributed by atoms with Gasteiger partial charge < -0.3 is 77.1 Å². The fraction of sp³-hybridized carbons (Fsp3) is 0.541. The molecule has 0 atom stereocenters. The number of Topliss-reactive ketones (excluding diaryl/α,β-unsaturated/α-hetero) is 2. The van der Waals surface area contributed by atoms with Crippen molar-refractivity contribution in [1.82, 2.24) is 102 Å². The Morgan fingerprint density at radius 3 is 1.06 bits per heavy atom. The number of aromatic carboxylic acids is 1. The average Bonchev–Trinajstić information content (AvgIpc) is 1.65. The number of nitrogens with zero attached hydrogens (tertiary/aromatic N) is 25. The number of carbonyl (C=O) groups excluding carboxylic acids is 5. The SMILES string of the molecule is C1CCOC1.CC(=O)c1cnn2ccc(N(C)CC3CC3)nc12.CC(=O)c1cnn2ccc(NCC3CC3)nc12.CN(CC1CC1)c1ccn2ncc(C(=O)Nc3cn(C4CCC(C=O)CC4)nc3C(F)F)c2n1.CN(CC1CC1)c1ccn2ncc(C(=O)Nc3cn(C4CCC(CO)CC4)nc3C(F)F)c2n1.CN(CC1CC1)c1ccn2ncc(C(=O)O)c2n1.Nc1cn(C2CCC(CO)CC2)nc1C(F)F.O.[2H][3H].[Li+].[OH-]. The summed E-state index contributed by atoms with van der Waals surface area (Å²) in [4.78, 5) is 102. The monoisotopic (exact) mass is 2030 g/mol. The molecule has 48 heteroatoms. The van der Waals surface area contributed by atoms with Crippen LogP contribution in [0.5, 0.6) is 0 Å². The second-order valence-electron chi connectivity index (χ2n) is 38.9. The van der Waals surface area contributed by atoms with Crippen LogP contribution in [0.4, 0.5) is 72.5 Å². The molecule has 8 saturated carbocycles. The van der Waals surface area contributed by atoms with Crippen LogP contribution in [0, 0.1) is 47.3 Å². The molecule has 0 bridgehead atoms. The summed E-state index contributed by atoms with van der Waals surface area (Å²) >= 11 is 0. The summed E-state index contributed by atoms with van der Waals surface area (Å²) in [6.45, 7) is 10.2. The zero-order valence-corrected chi connectivity index (χ0v) is 83.1. The van der Waals surface area contributed by atoms with Crippen LogP contribution in [-0.4, -0.2) is 252 Å². The number of nitrogens with two attached hydrogens (primary N) is 1. The number of aliphatic hydroxyl groups is 2. The number of rotatable bonds is 31. The van der Waals surface area contributed by atoms with E-state index in [0.29, 0.717) is 82.8 Å². The topological polar surface area (TPSA) is 513 Å². The van der Waals surface area contributed by atoms with Gasteiger partial charge in [-0.3, -0.25) is 33.2 Å². The minimum atomic E-state index is -2.84. The van der Waals surface area contributed by atoms with Crippen molar-refractivity contribution in [3.8, 4) is 0 Å². The van der Waals surface area contributed by atoms with Crippen LogP contribution in [0.2, 0.25) is 0 Å². The van der Waals surface area contributed by atoms with Gasteiger partial charge in [0.15, 0.2) is 56.9 Å². The third-order valence-electron chi connectivity index (χ3n) is 27.5. The third-order valence-corrected chi connectivity index (χ3v) is 27.5. The van der Waals surface area contributed by atoms with Gasteiger partial charge in [-0.2, -0.15) is 40.8 Å². The maximum Gasteiger partial charge on any atom is 1.00 e. The Morgan fingerprint density at radius 2 is 0.753 bits per heavy atom. The molecule has 9 aliphatic rings. The van der Waals surface area contributed by atoms with E-state index < -0.39 is 48.4 Å². The number of carboxylic acids is 1. The molecule has 8 aliphatic carbocycles. The molecule has 13 aromatic heterocycles. The number of anilines is 8. The number of aldehydes is 1. The summed E-state index contributed by atoms with van der Waals surface area (Å²) in [5.41, 5.74) is 8.34. The molecule has 1 aliphatic heterocycles. The number of nitrogens with one attached hydrogen (secondary N) is 3. The first-order valence-electron chi connectivity index (χ1n) is 50.3. The summed E-state index contributed by atoms with van der Waals surface area (Å²) in [6.07, 6.45) is 37.9. The molecule has 14 heterocycles. The Bertz CT molecular complexity index is 6440. The van der Waals surface area contributed by atoms with Crippen molar-refractivity contribution < 1.29 is 108 Å². The molecule has 0 spiro atoms. The van der Waals surface area contributed by atoms with Crippen molar-refractivity contribution in [2.75, 3.05) is 129 Å². The molecule has 0 radical (unpaired) electrons. The molecule has 2 amide bonds. The fourth-order valence-electron chi connectivity index (χ4n) is 18.0. The second kappa shape index (κ2) is 50.4. The van der Waals surface area contributed by atoms with Crippen molar-refractivity contribution in [3.05, 3.63) is 156 Å². The van der Waals surface area contributed by atoms with E-state index in [4.69, 9.17) is 23.7 Å². The van der Waals surface area contributed by atoms with Gasteiger partial charge in [0.25, 0.3) is 31.1 Å². The zero-order valence-electron chi connectivity index (χ0n) is 85.1. The summed E-state index contributed by atoms with van der Waals surface area (Å²) < 4.78 is 107. The van der Waals surface area contributed by atoms with Crippen LogP contribution in [0.1, 0.15) is 277 Å². The maximum atomic E-state index is 13.7. The number of fused-ring (bicyclic) bond motifs is 5. The van der Waals surface area contributed by atoms with Crippen molar-refractivity contribution in [1.29, 1.82) is 0 Å². The van der Waals surface area contributed by atoms with Gasteiger partial charge in [-0.1, -0.05) is 0 Å². The van der Waals surface area contributed by atoms with Crippen molar-refractivity contribution >= 4 is 110 Å². The number of amides is 2. The first-order chi connectivity index (χ1) is 70.0. The van der Waals surface area contributed by atoms with Crippen LogP contribution in [0.3, 0.4) is 0 Å². The largest absolute Gasteiger partial charge is 1.00 e. The molecular weight excluding hydrogens is 1900 g/mol. The van der Waals surface area contributed by atoms with E-state index in [9.17, 15) is 60.2 Å². The summed E-state index contributed by atoms with van der Waals surface area (Å²) in [7, 11) is 7.94. The summed E-state index contributed by atoms with van der Waals surface area (Å²) in [5, 5.41) is 68.5. The molecule has 1 saturated heterocycles. The van der Waals surface area contributed by atoms with E-state index in [1.807, 2.05) is 75.8 Å². The molecule has 0 aromatic carbocycles. The zero-order chi connectivity index (χ0) is 103. The third kappa shape index (κ3) is 28.6. The number of carboxylic acid groups (broad SMARTS) is 1. The van der Waals surface area contributed by atoms with E-state index in [-0.39, 0.29) is 124 Å². The number of halogens is 6. The number of ether oxygens (including phenoxy) is 1. The fourth-order valence-corrected chi connectivity index (χ4v) is 18.0. The molecule has 11 N–H and O–H groups in total. The van der Waals surface area contributed by atoms with Crippen molar-refractivity contribution in [2.24, 2.45) is 47.3 Å². The Morgan fingerprint density at radius 1 is 0.452 bits per heavy atom. The minimum Gasteiger partial charge on any atom is -0.870 e. The van der Waals surface area contributed by atoms with Crippen LogP contribution in [0.15, 0.2) is 111 Å². The predicted molar refractivity (Wildman–Crippen MR) is 530 cm³/mol. The van der Waals surface area contributed by atoms with E-state index in [1.54, 1.807) is 51.6 Å². The van der Waals surface area contributed by atoms with Crippen LogP contribution >= 0.6 is 0 Å². The first kappa shape index (κ1) is 109. The Kier molecular flexibility index (Phi) is 37.5. The quantitative estimate of drug-likeness (QED) is 0.00918. The molecule has 41 nitrogen and oxygen atoms in total. The molecule has 782 valence electrons. The Labute approximate surface area is 853 Å². The number of hydrogen-bond acceptors (Lipinski definition) is 29. The number of hydrogen-bond donors (Lipinski definition) is 7. The van der Waals surface area contributed by atoms with Crippen LogP contribution in [-0.2, 0) is 9.53 Å². The summed E-state index contributed by atoms with van der Waals surface area (Å²) in [6, 6.07) is 9.37. The van der Waals surface area contributed by atoms with Gasteiger partial charge in [0.2, 0.25) is 0 Å². The number of carbonyl (C=O) groups is 6. The van der Waals surface area contributed by atoms with Crippen molar-refractivity contribution in [2.45, 2.75) is 205 Å². The number of aliphatic hydroxyl groups excluding tert-OH is 2. The van der Waals surface area contributed by atoms with Gasteiger partial charge in [-0.05, 0) is 240 Å². The Balaban J connectivity index is 0.000000159. The van der Waals surface area contributed by atoms with Gasteiger partial charge >= 0.3 is 24.8 Å². The molecule has 146 heavy (non-hydrogen) atoms. The minimum absolute atomic E-state index is 0. The van der Waals surface area contributed by atoms with Crippen molar-refractivity contribution in [3.63, 3.8) is 0 Å². The molecule has 13 aromatic rings. The normalized spacial score (nSPS) is 18.9. The van der Waals surface area contributed by atoms with Gasteiger partial charge in [0.1, 0.15) is 52.1 Å². The smallest absolute Gasteiger partial charge is 0.870 e.